The molecule has 6 N–H and O–H groups in total. The van der Waals surface area contributed by atoms with E-state index in [2.05, 4.69) is 71.6 Å². The number of halogens is 1. The molecule has 0 saturated carbocycles. The Hall–Kier alpha value is -13.8. The van der Waals surface area contributed by atoms with Crippen molar-refractivity contribution < 1.29 is 4.39 Å². The van der Waals surface area contributed by atoms with Crippen LogP contribution in [0.1, 0.15) is 71.8 Å². The third kappa shape index (κ3) is 12.2. The van der Waals surface area contributed by atoms with Crippen LogP contribution in [0, 0.1) is 57.7 Å². The molecule has 3 aromatic carbocycles. The Kier molecular flexibility index (Phi) is 17.1. The highest BCUT2D eigenvalue weighted by Crippen LogP contribution is 2.31. The van der Waals surface area contributed by atoms with Crippen molar-refractivity contribution in [3.63, 3.8) is 0 Å². The molecular weight excluding hydrogens is 1290 g/mol. The van der Waals surface area contributed by atoms with E-state index in [1.54, 1.807) is 79.2 Å². The zero-order chi connectivity index (χ0) is 71.3. The number of aromatic nitrogens is 22. The summed E-state index contributed by atoms with van der Waals surface area (Å²) in [5.74, 6) is 7.88. The van der Waals surface area contributed by atoms with E-state index in [-0.39, 0.29) is 53.5 Å². The molecule has 0 bridgehead atoms. The van der Waals surface area contributed by atoms with Crippen molar-refractivity contribution >= 4 is 83.8 Å². The van der Waals surface area contributed by atoms with Crippen molar-refractivity contribution in [1.29, 1.82) is 0 Å². The van der Waals surface area contributed by atoms with Crippen LogP contribution in [0.5, 0.6) is 0 Å². The minimum Gasteiger partial charge on any atom is -0.383 e. The first-order chi connectivity index (χ1) is 49.2. The average Bonchev–Trinajstić information content (AvgIpc) is 1.24. The number of nitrogens with zero attached hydrogens (tertiary/aromatic N) is 22. The fraction of sp³-hybridized carbons (Fsp3) is 0.164. The molecule has 16 aromatic rings. The first-order valence-corrected chi connectivity index (χ1v) is 32.0. The Morgan fingerprint density at radius 1 is 0.451 bits per heavy atom. The van der Waals surface area contributed by atoms with Crippen LogP contribution < -0.4 is 33.9 Å². The highest BCUT2D eigenvalue weighted by Gasteiger charge is 2.25. The number of hydrogen-bond acceptors (Lipinski definition) is 22. The number of rotatable bonds is 10. The summed E-state index contributed by atoms with van der Waals surface area (Å²) in [6, 6.07) is 30.5. The van der Waals surface area contributed by atoms with Gasteiger partial charge in [-0.3, -0.25) is 33.1 Å². The molecule has 0 aliphatic carbocycles. The second-order valence-electron chi connectivity index (χ2n) is 25.0. The van der Waals surface area contributed by atoms with Gasteiger partial charge in [-0.1, -0.05) is 54.5 Å². The fourth-order valence-corrected chi connectivity index (χ4v) is 12.0. The quantitative estimate of drug-likeness (QED) is 0.108. The van der Waals surface area contributed by atoms with Gasteiger partial charge < -0.3 is 21.8 Å². The van der Waals surface area contributed by atoms with Crippen molar-refractivity contribution in [2.45, 2.75) is 75.0 Å². The van der Waals surface area contributed by atoms with Crippen LogP contribution in [-0.2, 0) is 19.6 Å². The van der Waals surface area contributed by atoms with Gasteiger partial charge in [0.15, 0.2) is 39.7 Å². The lowest BCUT2D eigenvalue weighted by Gasteiger charge is -2.16. The van der Waals surface area contributed by atoms with E-state index in [9.17, 15) is 18.8 Å². The average molecular weight is 1360 g/mol. The lowest BCUT2D eigenvalue weighted by atomic mass is 9.98. The van der Waals surface area contributed by atoms with Crippen LogP contribution >= 0.6 is 0 Å². The zero-order valence-corrected chi connectivity index (χ0v) is 56.3. The number of nitrogens with two attached hydrogens (primary N) is 3. The maximum Gasteiger partial charge on any atom is 0.268 e. The van der Waals surface area contributed by atoms with Gasteiger partial charge in [0.25, 0.3) is 16.7 Å². The van der Waals surface area contributed by atoms with Crippen LogP contribution in [-0.4, -0.2) is 108 Å². The van der Waals surface area contributed by atoms with Gasteiger partial charge in [-0.05, 0) is 144 Å². The van der Waals surface area contributed by atoms with Gasteiger partial charge in [-0.2, -0.15) is 10.2 Å². The standard InChI is InChI=1S/C27H26N8O.C26H21N9O.C20H15FN8O/c1-16-8-6-7-9-19(16)35-20(32-24-21(26(35)36)17(2)11-13-29-24)14-34-25-22(23(28)30-15-31-25)18(33-34)10-12-27(3,4)5;1-15-6-3-4-8-18(15)35-19(32-24-20(26(35)36)16(2)9-11-29-24)13-34-25-21(23(27)30-14-31-25)22(33-34)17-7-5-10-28-12-17;1-11-6-7-23-18-15(11)20(30)29(13-5-3-2-4-12(13)21)14(27-18)8-28-10-26-16-17(22)24-9-25-19(16)28/h6-9,11,13,15H,14H2,1-5H3,(H2,28,30,31);3-12,14H,13H2,1-2H3,(H2,27,30,31);2-7,9-10H,8H2,1H3,(H2,22,24,25). The smallest absolute Gasteiger partial charge is 0.268 e. The van der Waals surface area contributed by atoms with Gasteiger partial charge >= 0.3 is 0 Å². The van der Waals surface area contributed by atoms with E-state index in [0.29, 0.717) is 107 Å². The summed E-state index contributed by atoms with van der Waals surface area (Å²) in [5, 5.41) is 12.0. The second-order valence-corrected chi connectivity index (χ2v) is 25.0. The lowest BCUT2D eigenvalue weighted by molar-refractivity contribution is 0.570. The molecule has 0 atom stereocenters. The molecule has 0 unspecified atom stereocenters. The number of hydrogen-bond donors (Lipinski definition) is 3. The van der Waals surface area contributed by atoms with Crippen molar-refractivity contribution in [3.05, 3.63) is 247 Å². The van der Waals surface area contributed by atoms with Crippen LogP contribution in [0.4, 0.5) is 21.8 Å². The van der Waals surface area contributed by atoms with Gasteiger partial charge in [0.05, 0.1) is 56.9 Å². The minimum atomic E-state index is -0.536. The van der Waals surface area contributed by atoms with E-state index >= 15 is 0 Å². The molecule has 102 heavy (non-hydrogen) atoms. The normalized spacial score (nSPS) is 11.5. The molecule has 0 aliphatic heterocycles. The topological polar surface area (TPSA) is 365 Å². The molecule has 0 spiro atoms. The molecule has 29 heteroatoms. The molecule has 0 fully saturated rings. The van der Waals surface area contributed by atoms with E-state index in [0.717, 1.165) is 39.2 Å². The number of imidazole rings is 1. The maximum atomic E-state index is 14.7. The predicted molar refractivity (Wildman–Crippen MR) is 385 cm³/mol. The molecule has 16 rings (SSSR count). The van der Waals surface area contributed by atoms with Gasteiger partial charge in [0.2, 0.25) is 0 Å². The highest BCUT2D eigenvalue weighted by atomic mass is 19.1. The van der Waals surface area contributed by atoms with E-state index in [1.807, 2.05) is 121 Å². The first-order valence-electron chi connectivity index (χ1n) is 32.0. The van der Waals surface area contributed by atoms with Gasteiger partial charge in [-0.25, -0.2) is 78.5 Å². The van der Waals surface area contributed by atoms with Crippen LogP contribution in [0.2, 0.25) is 0 Å². The molecule has 13 aromatic heterocycles. The molecule has 504 valence electrons. The van der Waals surface area contributed by atoms with Crippen molar-refractivity contribution in [2.24, 2.45) is 5.41 Å². The second kappa shape index (κ2) is 26.6. The molecular formula is C73H62FN25O3. The van der Waals surface area contributed by atoms with E-state index in [1.165, 1.54) is 42.0 Å². The first kappa shape index (κ1) is 65.5. The fourth-order valence-electron chi connectivity index (χ4n) is 12.0. The lowest BCUT2D eigenvalue weighted by Crippen LogP contribution is -2.27. The third-order valence-corrected chi connectivity index (χ3v) is 16.9. The van der Waals surface area contributed by atoms with Crippen molar-refractivity contribution in [3.8, 4) is 40.2 Å². The summed E-state index contributed by atoms with van der Waals surface area (Å²) in [6.45, 7) is 16.0. The summed E-state index contributed by atoms with van der Waals surface area (Å²) in [4.78, 5) is 102. The number of pyridine rings is 4. The Labute approximate surface area is 578 Å². The van der Waals surface area contributed by atoms with E-state index < -0.39 is 11.4 Å². The van der Waals surface area contributed by atoms with Crippen molar-refractivity contribution in [2.75, 3.05) is 17.2 Å². The zero-order valence-electron chi connectivity index (χ0n) is 56.3. The SMILES string of the molecule is Cc1ccccc1-n1c(Cn2nc(-c3cccnc3)c3c(N)ncnc32)nc2nccc(C)c2c1=O.Cc1ccccc1-n1c(Cn2nc(C#CC(C)(C)C)c3c(N)ncnc32)nc2nccc(C)c2c1=O.Cc1ccnc2nc(Cn3cnc4c(N)ncnc43)n(-c3ccccc3F)c(=O)c12. The van der Waals surface area contributed by atoms with Crippen LogP contribution in [0.3, 0.4) is 0 Å². The number of nitrogen functional groups attached to an aromatic ring is 3. The predicted octanol–water partition coefficient (Wildman–Crippen LogP) is 8.79. The monoisotopic (exact) mass is 1360 g/mol. The minimum absolute atomic E-state index is 0.0993. The molecule has 0 saturated heterocycles. The Morgan fingerprint density at radius 2 is 0.912 bits per heavy atom. The highest BCUT2D eigenvalue weighted by molar-refractivity contribution is 5.98. The molecule has 28 nitrogen and oxygen atoms in total. The number of benzene rings is 3. The summed E-state index contributed by atoms with van der Waals surface area (Å²) in [7, 11) is 0. The molecule has 0 amide bonds. The van der Waals surface area contributed by atoms with Crippen molar-refractivity contribution in [1.82, 2.24) is 108 Å². The summed E-state index contributed by atoms with van der Waals surface area (Å²) < 4.78 is 24.2. The Balaban J connectivity index is 0.000000130. The number of fused-ring (bicyclic) bond motifs is 6. The van der Waals surface area contributed by atoms with Crippen LogP contribution in [0.15, 0.2) is 174 Å². The Bertz CT molecular complexity index is 6280. The van der Waals surface area contributed by atoms with Gasteiger partial charge in [0, 0.05) is 42.0 Å². The van der Waals surface area contributed by atoms with E-state index in [4.69, 9.17) is 37.4 Å². The number of anilines is 3. The summed E-state index contributed by atoms with van der Waals surface area (Å²) in [5.41, 5.74) is 28.0. The van der Waals surface area contributed by atoms with Crippen LogP contribution in [0.25, 0.3) is 94.7 Å². The van der Waals surface area contributed by atoms with Gasteiger partial charge in [0.1, 0.15) is 83.9 Å². The maximum absolute atomic E-state index is 14.7. The molecule has 0 aliphatic rings. The summed E-state index contributed by atoms with van der Waals surface area (Å²) in [6.07, 6.45) is 14.0. The number of para-hydroxylation sites is 3. The van der Waals surface area contributed by atoms with Gasteiger partial charge in [-0.15, -0.1) is 0 Å². The summed E-state index contributed by atoms with van der Waals surface area (Å²) >= 11 is 0. The third-order valence-electron chi connectivity index (χ3n) is 16.9. The molecule has 13 heterocycles. The number of aryl methyl sites for hydroxylation is 5. The molecule has 0 radical (unpaired) electrons. The Morgan fingerprint density at radius 3 is 1.42 bits per heavy atom. The largest absolute Gasteiger partial charge is 0.383 e.